The molecule has 1 aromatic carbocycles. The molecule has 4 heteroatoms. The molecule has 3 N–H and O–H groups in total. The molecule has 112 valence electrons. The fourth-order valence-corrected chi connectivity index (χ4v) is 2.71. The van der Waals surface area contributed by atoms with Gasteiger partial charge in [0.05, 0.1) is 12.1 Å². The number of carbonyl (C=O) groups is 1. The lowest BCUT2D eigenvalue weighted by Gasteiger charge is -2.37. The Morgan fingerprint density at radius 3 is 2.95 bits per heavy atom. The Hall–Kier alpha value is -1.83. The fraction of sp³-hybridized carbons (Fsp3) is 0.471. The number of amides is 1. The normalized spacial score (nSPS) is 21.6. The smallest absolute Gasteiger partial charge is 0.254 e. The van der Waals surface area contributed by atoms with Crippen LogP contribution in [0, 0.1) is 18.8 Å². The topological polar surface area (TPSA) is 66.6 Å². The lowest BCUT2D eigenvalue weighted by Crippen LogP contribution is -2.48. The maximum Gasteiger partial charge on any atom is 0.254 e. The Bertz CT molecular complexity index is 597. The summed E-state index contributed by atoms with van der Waals surface area (Å²) in [5.74, 6) is 5.77. The standard InChI is InChI=1S/C17H22N2O2/c1-13-14(7-4-10-18)6-3-8-15(13)16(20)19-11-5-9-17(2,21)12-19/h3,6,8,21H,5,9-12,18H2,1-2H3. The van der Waals surface area contributed by atoms with Gasteiger partial charge >= 0.3 is 0 Å². The van der Waals surface area contributed by atoms with Crippen molar-refractivity contribution in [1.29, 1.82) is 0 Å². The van der Waals surface area contributed by atoms with Crippen molar-refractivity contribution in [3.63, 3.8) is 0 Å². The molecule has 1 aliphatic rings. The number of β-amino-alcohol motifs (C(OH)–C–C–N with tert-alkyl or cyclic N) is 1. The molecule has 2 rings (SSSR count). The third-order valence-corrected chi connectivity index (χ3v) is 3.85. The Labute approximate surface area is 125 Å². The molecule has 1 atom stereocenters. The number of nitrogens with zero attached hydrogens (tertiary/aromatic N) is 1. The summed E-state index contributed by atoms with van der Waals surface area (Å²) in [6.45, 7) is 5.04. The van der Waals surface area contributed by atoms with E-state index in [9.17, 15) is 9.90 Å². The van der Waals surface area contributed by atoms with Crippen molar-refractivity contribution in [1.82, 2.24) is 4.90 Å². The first kappa shape index (κ1) is 15.6. The summed E-state index contributed by atoms with van der Waals surface area (Å²) in [6.07, 6.45) is 1.56. The van der Waals surface area contributed by atoms with Crippen LogP contribution >= 0.6 is 0 Å². The van der Waals surface area contributed by atoms with E-state index >= 15 is 0 Å². The number of likely N-dealkylation sites (tertiary alicyclic amines) is 1. The summed E-state index contributed by atoms with van der Waals surface area (Å²) in [5, 5.41) is 10.2. The lowest BCUT2D eigenvalue weighted by atomic mass is 9.94. The van der Waals surface area contributed by atoms with E-state index in [1.165, 1.54) is 0 Å². The monoisotopic (exact) mass is 286 g/mol. The summed E-state index contributed by atoms with van der Waals surface area (Å²) in [4.78, 5) is 14.4. The van der Waals surface area contributed by atoms with Crippen molar-refractivity contribution in [2.24, 2.45) is 5.73 Å². The van der Waals surface area contributed by atoms with Gasteiger partial charge in [-0.15, -0.1) is 0 Å². The van der Waals surface area contributed by atoms with Crippen LogP contribution in [-0.2, 0) is 0 Å². The predicted molar refractivity (Wildman–Crippen MR) is 82.9 cm³/mol. The van der Waals surface area contributed by atoms with E-state index in [-0.39, 0.29) is 5.91 Å². The summed E-state index contributed by atoms with van der Waals surface area (Å²) in [6, 6.07) is 5.54. The first-order valence-corrected chi connectivity index (χ1v) is 7.25. The molecule has 0 saturated carbocycles. The van der Waals surface area contributed by atoms with Gasteiger partial charge in [-0.2, -0.15) is 0 Å². The molecule has 0 spiro atoms. The third-order valence-electron chi connectivity index (χ3n) is 3.85. The molecule has 1 unspecified atom stereocenters. The van der Waals surface area contributed by atoms with Crippen LogP contribution in [0.5, 0.6) is 0 Å². The molecule has 1 aromatic rings. The van der Waals surface area contributed by atoms with Crippen molar-refractivity contribution in [2.45, 2.75) is 32.3 Å². The van der Waals surface area contributed by atoms with E-state index in [1.54, 1.807) is 11.8 Å². The largest absolute Gasteiger partial charge is 0.388 e. The molecule has 0 aliphatic carbocycles. The lowest BCUT2D eigenvalue weighted by molar-refractivity contribution is -0.0107. The number of nitrogens with two attached hydrogens (primary N) is 1. The van der Waals surface area contributed by atoms with Crippen molar-refractivity contribution < 1.29 is 9.90 Å². The highest BCUT2D eigenvalue weighted by Crippen LogP contribution is 2.23. The van der Waals surface area contributed by atoms with Gasteiger partial charge in [-0.05, 0) is 44.4 Å². The summed E-state index contributed by atoms with van der Waals surface area (Å²) < 4.78 is 0. The Kier molecular flexibility index (Phi) is 4.66. The van der Waals surface area contributed by atoms with Gasteiger partial charge in [0.25, 0.3) is 5.91 Å². The van der Waals surface area contributed by atoms with Crippen LogP contribution in [0.4, 0.5) is 0 Å². The van der Waals surface area contributed by atoms with Gasteiger partial charge in [-0.3, -0.25) is 4.79 Å². The Morgan fingerprint density at radius 2 is 2.29 bits per heavy atom. The predicted octanol–water partition coefficient (Wildman–Crippen LogP) is 1.29. The minimum atomic E-state index is -0.793. The van der Waals surface area contributed by atoms with Crippen LogP contribution in [0.2, 0.25) is 0 Å². The zero-order valence-electron chi connectivity index (χ0n) is 12.6. The SMILES string of the molecule is Cc1c(C#CCN)cccc1C(=O)N1CCCC(C)(O)C1. The van der Waals surface area contributed by atoms with E-state index in [4.69, 9.17) is 5.73 Å². The number of hydrogen-bond acceptors (Lipinski definition) is 3. The molecular weight excluding hydrogens is 264 g/mol. The van der Waals surface area contributed by atoms with Gasteiger partial charge in [-0.1, -0.05) is 17.9 Å². The van der Waals surface area contributed by atoms with Crippen molar-refractivity contribution >= 4 is 5.91 Å². The first-order valence-electron chi connectivity index (χ1n) is 7.25. The molecule has 0 bridgehead atoms. The second-order valence-electron chi connectivity index (χ2n) is 5.81. The highest BCUT2D eigenvalue weighted by molar-refractivity contribution is 5.96. The second-order valence-corrected chi connectivity index (χ2v) is 5.81. The van der Waals surface area contributed by atoms with Crippen molar-refractivity contribution in [2.75, 3.05) is 19.6 Å². The second kappa shape index (κ2) is 6.30. The van der Waals surface area contributed by atoms with Crippen LogP contribution < -0.4 is 5.73 Å². The van der Waals surface area contributed by atoms with E-state index in [0.29, 0.717) is 25.2 Å². The molecule has 21 heavy (non-hydrogen) atoms. The average Bonchev–Trinajstić information content (AvgIpc) is 2.44. The Morgan fingerprint density at radius 1 is 1.52 bits per heavy atom. The minimum Gasteiger partial charge on any atom is -0.388 e. The molecular formula is C17H22N2O2. The molecule has 1 aliphatic heterocycles. The van der Waals surface area contributed by atoms with Crippen LogP contribution in [0.1, 0.15) is 41.3 Å². The van der Waals surface area contributed by atoms with Gasteiger partial charge in [0, 0.05) is 24.2 Å². The molecule has 1 heterocycles. The summed E-state index contributed by atoms with van der Waals surface area (Å²) in [7, 11) is 0. The summed E-state index contributed by atoms with van der Waals surface area (Å²) >= 11 is 0. The number of hydrogen-bond donors (Lipinski definition) is 2. The van der Waals surface area contributed by atoms with E-state index in [1.807, 2.05) is 25.1 Å². The van der Waals surface area contributed by atoms with Crippen LogP contribution in [0.3, 0.4) is 0 Å². The van der Waals surface area contributed by atoms with Gasteiger partial charge in [0.2, 0.25) is 0 Å². The molecule has 0 aromatic heterocycles. The molecule has 1 saturated heterocycles. The van der Waals surface area contributed by atoms with Crippen LogP contribution in [0.15, 0.2) is 18.2 Å². The number of rotatable bonds is 1. The van der Waals surface area contributed by atoms with E-state index < -0.39 is 5.60 Å². The van der Waals surface area contributed by atoms with Gasteiger partial charge in [0.15, 0.2) is 0 Å². The van der Waals surface area contributed by atoms with Crippen molar-refractivity contribution in [3.05, 3.63) is 34.9 Å². The average molecular weight is 286 g/mol. The van der Waals surface area contributed by atoms with Crippen LogP contribution in [0.25, 0.3) is 0 Å². The maximum absolute atomic E-state index is 12.7. The highest BCUT2D eigenvalue weighted by atomic mass is 16.3. The zero-order chi connectivity index (χ0) is 15.5. The quantitative estimate of drug-likeness (QED) is 0.765. The summed E-state index contributed by atoms with van der Waals surface area (Å²) in [5.41, 5.74) is 6.95. The number of piperidine rings is 1. The zero-order valence-corrected chi connectivity index (χ0v) is 12.6. The van der Waals surface area contributed by atoms with Gasteiger partial charge < -0.3 is 15.7 Å². The maximum atomic E-state index is 12.7. The fourth-order valence-electron chi connectivity index (χ4n) is 2.71. The molecule has 4 nitrogen and oxygen atoms in total. The molecule has 1 amide bonds. The first-order chi connectivity index (χ1) is 9.94. The number of carbonyl (C=O) groups excluding carboxylic acids is 1. The number of benzene rings is 1. The number of aliphatic hydroxyl groups is 1. The highest BCUT2D eigenvalue weighted by Gasteiger charge is 2.31. The Balaban J connectivity index is 2.27. The van der Waals surface area contributed by atoms with Crippen molar-refractivity contribution in [3.8, 4) is 11.8 Å². The van der Waals surface area contributed by atoms with Gasteiger partial charge in [0.1, 0.15) is 0 Å². The van der Waals surface area contributed by atoms with E-state index in [0.717, 1.165) is 24.0 Å². The molecule has 1 fully saturated rings. The van der Waals surface area contributed by atoms with E-state index in [2.05, 4.69) is 11.8 Å². The van der Waals surface area contributed by atoms with Crippen LogP contribution in [-0.4, -0.2) is 41.1 Å². The molecule has 0 radical (unpaired) electrons. The van der Waals surface area contributed by atoms with Gasteiger partial charge in [-0.25, -0.2) is 0 Å². The minimum absolute atomic E-state index is 0.0381. The third kappa shape index (κ3) is 3.63.